The second-order valence-electron chi connectivity index (χ2n) is 5.38. The summed E-state index contributed by atoms with van der Waals surface area (Å²) in [5, 5.41) is 5.83. The van der Waals surface area contributed by atoms with E-state index in [1.807, 2.05) is 12.4 Å². The van der Waals surface area contributed by atoms with Gasteiger partial charge in [0.15, 0.2) is 0 Å². The molecule has 2 aromatic heterocycles. The van der Waals surface area contributed by atoms with Crippen molar-refractivity contribution in [3.05, 3.63) is 40.6 Å². The topological polar surface area (TPSA) is 29.9 Å². The highest BCUT2D eigenvalue weighted by Crippen LogP contribution is 2.30. The smallest absolute Gasteiger partial charge is 0.131 e. The van der Waals surface area contributed by atoms with E-state index in [0.717, 1.165) is 18.3 Å². The fourth-order valence-corrected chi connectivity index (χ4v) is 3.44. The molecule has 3 nitrogen and oxygen atoms in total. The van der Waals surface area contributed by atoms with E-state index in [1.165, 1.54) is 30.6 Å². The Hall–Kier alpha value is -1.13. The van der Waals surface area contributed by atoms with Crippen molar-refractivity contribution in [3.63, 3.8) is 0 Å². The van der Waals surface area contributed by atoms with Crippen LogP contribution in [0.2, 0.25) is 0 Å². The van der Waals surface area contributed by atoms with Crippen molar-refractivity contribution >= 4 is 11.3 Å². The highest BCUT2D eigenvalue weighted by atomic mass is 32.1. The van der Waals surface area contributed by atoms with Gasteiger partial charge in [0, 0.05) is 24.3 Å². The van der Waals surface area contributed by atoms with Crippen molar-refractivity contribution in [1.29, 1.82) is 0 Å². The number of nitrogens with zero attached hydrogens (tertiary/aromatic N) is 2. The summed E-state index contributed by atoms with van der Waals surface area (Å²) in [6.07, 6.45) is 9.47. The molecule has 2 aromatic rings. The summed E-state index contributed by atoms with van der Waals surface area (Å²) >= 11 is 1.80. The molecule has 1 unspecified atom stereocenters. The van der Waals surface area contributed by atoms with Crippen molar-refractivity contribution in [2.75, 3.05) is 6.54 Å². The third-order valence-electron chi connectivity index (χ3n) is 4.07. The number of thiophene rings is 1. The number of aryl methyl sites for hydroxylation is 1. The van der Waals surface area contributed by atoms with E-state index in [4.69, 9.17) is 0 Å². The minimum absolute atomic E-state index is 0.236. The second kappa shape index (κ2) is 5.88. The van der Waals surface area contributed by atoms with Crippen molar-refractivity contribution in [2.45, 2.75) is 31.7 Å². The average Bonchev–Trinajstić information content (AvgIpc) is 2.99. The molecule has 1 fully saturated rings. The molecular weight excluding hydrogens is 254 g/mol. The summed E-state index contributed by atoms with van der Waals surface area (Å²) in [4.78, 5) is 5.86. The maximum Gasteiger partial charge on any atom is 0.131 e. The van der Waals surface area contributed by atoms with Crippen LogP contribution < -0.4 is 5.32 Å². The minimum Gasteiger partial charge on any atom is -0.336 e. The highest BCUT2D eigenvalue weighted by molar-refractivity contribution is 7.10. The normalized spacial score (nSPS) is 17.3. The SMILES string of the molecule is Cn1ccnc1C(NCCC1CCC1)c1cccs1. The van der Waals surface area contributed by atoms with Gasteiger partial charge in [0.1, 0.15) is 11.9 Å². The van der Waals surface area contributed by atoms with Crippen LogP contribution in [0.5, 0.6) is 0 Å². The molecule has 0 amide bonds. The Morgan fingerprint density at radius 3 is 3.00 bits per heavy atom. The number of imidazole rings is 1. The van der Waals surface area contributed by atoms with Gasteiger partial charge in [-0.2, -0.15) is 0 Å². The van der Waals surface area contributed by atoms with Crippen LogP contribution in [0.25, 0.3) is 0 Å². The van der Waals surface area contributed by atoms with Gasteiger partial charge in [0.25, 0.3) is 0 Å². The number of aromatic nitrogens is 2. The van der Waals surface area contributed by atoms with Gasteiger partial charge in [0.2, 0.25) is 0 Å². The molecule has 4 heteroatoms. The summed E-state index contributed by atoms with van der Waals surface area (Å²) < 4.78 is 2.11. The van der Waals surface area contributed by atoms with Crippen molar-refractivity contribution < 1.29 is 0 Å². The molecule has 0 aromatic carbocycles. The Bertz CT molecular complexity index is 499. The maximum atomic E-state index is 4.51. The van der Waals surface area contributed by atoms with E-state index in [2.05, 4.69) is 39.4 Å². The third-order valence-corrected chi connectivity index (χ3v) is 5.01. The van der Waals surface area contributed by atoms with Gasteiger partial charge in [0.05, 0.1) is 0 Å². The lowest BCUT2D eigenvalue weighted by atomic mass is 9.83. The van der Waals surface area contributed by atoms with Crippen LogP contribution in [-0.2, 0) is 7.05 Å². The molecule has 1 aliphatic rings. The largest absolute Gasteiger partial charge is 0.336 e. The molecule has 1 N–H and O–H groups in total. The minimum atomic E-state index is 0.236. The number of hydrogen-bond acceptors (Lipinski definition) is 3. The van der Waals surface area contributed by atoms with Gasteiger partial charge < -0.3 is 9.88 Å². The Kier molecular flexibility index (Phi) is 3.99. The molecule has 1 atom stereocenters. The summed E-state index contributed by atoms with van der Waals surface area (Å²) in [5.41, 5.74) is 0. The van der Waals surface area contributed by atoms with Crippen molar-refractivity contribution in [1.82, 2.24) is 14.9 Å². The van der Waals surface area contributed by atoms with E-state index in [-0.39, 0.29) is 6.04 Å². The molecule has 19 heavy (non-hydrogen) atoms. The molecular formula is C15H21N3S. The van der Waals surface area contributed by atoms with Crippen LogP contribution >= 0.6 is 11.3 Å². The monoisotopic (exact) mass is 275 g/mol. The van der Waals surface area contributed by atoms with Gasteiger partial charge >= 0.3 is 0 Å². The molecule has 102 valence electrons. The first-order valence-corrected chi connectivity index (χ1v) is 7.96. The molecule has 0 spiro atoms. The average molecular weight is 275 g/mol. The Balaban J connectivity index is 1.68. The lowest BCUT2D eigenvalue weighted by molar-refractivity contribution is 0.289. The van der Waals surface area contributed by atoms with Crippen LogP contribution in [0.15, 0.2) is 29.9 Å². The number of rotatable bonds is 6. The van der Waals surface area contributed by atoms with E-state index < -0.39 is 0 Å². The summed E-state index contributed by atoms with van der Waals surface area (Å²) in [5.74, 6) is 2.06. The second-order valence-corrected chi connectivity index (χ2v) is 6.36. The van der Waals surface area contributed by atoms with Gasteiger partial charge in [-0.3, -0.25) is 0 Å². The molecule has 0 radical (unpaired) electrons. The van der Waals surface area contributed by atoms with Crippen LogP contribution in [0.1, 0.15) is 42.4 Å². The zero-order valence-corrected chi connectivity index (χ0v) is 12.2. The maximum absolute atomic E-state index is 4.51. The van der Waals surface area contributed by atoms with Gasteiger partial charge in [-0.1, -0.05) is 25.3 Å². The molecule has 0 bridgehead atoms. The van der Waals surface area contributed by atoms with Gasteiger partial charge in [-0.15, -0.1) is 11.3 Å². The van der Waals surface area contributed by atoms with Crippen LogP contribution in [0.4, 0.5) is 0 Å². The van der Waals surface area contributed by atoms with Gasteiger partial charge in [-0.05, 0) is 30.3 Å². The fourth-order valence-electron chi connectivity index (χ4n) is 2.64. The third kappa shape index (κ3) is 2.90. The van der Waals surface area contributed by atoms with Crippen molar-refractivity contribution in [2.24, 2.45) is 13.0 Å². The fraction of sp³-hybridized carbons (Fsp3) is 0.533. The van der Waals surface area contributed by atoms with E-state index in [0.29, 0.717) is 0 Å². The highest BCUT2D eigenvalue weighted by Gasteiger charge is 2.21. The first kappa shape index (κ1) is 12.9. The first-order valence-electron chi connectivity index (χ1n) is 7.08. The molecule has 1 aliphatic carbocycles. The van der Waals surface area contributed by atoms with E-state index in [1.54, 1.807) is 11.3 Å². The lowest BCUT2D eigenvalue weighted by Crippen LogP contribution is -2.27. The summed E-state index contributed by atoms with van der Waals surface area (Å²) in [6.45, 7) is 1.08. The van der Waals surface area contributed by atoms with Gasteiger partial charge in [-0.25, -0.2) is 4.98 Å². The molecule has 2 heterocycles. The quantitative estimate of drug-likeness (QED) is 0.876. The predicted molar refractivity (Wildman–Crippen MR) is 79.3 cm³/mol. The number of nitrogens with one attached hydrogen (secondary N) is 1. The molecule has 1 saturated carbocycles. The lowest BCUT2D eigenvalue weighted by Gasteiger charge is -2.26. The molecule has 0 saturated heterocycles. The zero-order chi connectivity index (χ0) is 13.1. The Morgan fingerprint density at radius 1 is 1.53 bits per heavy atom. The Labute approximate surface area is 118 Å². The molecule has 0 aliphatic heterocycles. The van der Waals surface area contributed by atoms with Crippen molar-refractivity contribution in [3.8, 4) is 0 Å². The summed E-state index contributed by atoms with van der Waals surface area (Å²) in [6, 6.07) is 4.55. The predicted octanol–water partition coefficient (Wildman–Crippen LogP) is 3.35. The first-order chi connectivity index (χ1) is 9.34. The molecule has 3 rings (SSSR count). The van der Waals surface area contributed by atoms with E-state index in [9.17, 15) is 0 Å². The van der Waals surface area contributed by atoms with Crippen LogP contribution in [-0.4, -0.2) is 16.1 Å². The number of hydrogen-bond donors (Lipinski definition) is 1. The van der Waals surface area contributed by atoms with E-state index >= 15 is 0 Å². The summed E-state index contributed by atoms with van der Waals surface area (Å²) in [7, 11) is 2.07. The van der Waals surface area contributed by atoms with Crippen LogP contribution in [0.3, 0.4) is 0 Å². The standard InChI is InChI=1S/C15H21N3S/c1-18-10-9-17-15(18)14(13-6-3-11-19-13)16-8-7-12-4-2-5-12/h3,6,9-12,14,16H,2,4-5,7-8H2,1H3. The van der Waals surface area contributed by atoms with Crippen LogP contribution in [0, 0.1) is 5.92 Å². The Morgan fingerprint density at radius 2 is 2.42 bits per heavy atom. The zero-order valence-electron chi connectivity index (χ0n) is 11.4.